The number of aromatic amines is 1. The van der Waals surface area contributed by atoms with Gasteiger partial charge in [-0.15, -0.1) is 0 Å². The van der Waals surface area contributed by atoms with E-state index in [-0.39, 0.29) is 5.91 Å². The molecule has 106 valence electrons. The summed E-state index contributed by atoms with van der Waals surface area (Å²) in [4.78, 5) is 26.1. The molecule has 0 fully saturated rings. The van der Waals surface area contributed by atoms with Crippen LogP contribution in [0.25, 0.3) is 11.6 Å². The molecule has 0 bridgehead atoms. The van der Waals surface area contributed by atoms with Gasteiger partial charge in [-0.3, -0.25) is 9.59 Å². The molecule has 5 nitrogen and oxygen atoms in total. The van der Waals surface area contributed by atoms with Crippen LogP contribution in [0.4, 0.5) is 10.1 Å². The van der Waals surface area contributed by atoms with Crippen LogP contribution in [0, 0.1) is 12.7 Å². The number of amides is 2. The topological polar surface area (TPSA) is 88.0 Å². The lowest BCUT2D eigenvalue weighted by Crippen LogP contribution is -2.11. The monoisotopic (exact) mass is 285 g/mol. The Labute approximate surface area is 119 Å². The predicted molar refractivity (Wildman–Crippen MR) is 76.9 cm³/mol. The highest BCUT2D eigenvalue weighted by atomic mass is 19.1. The quantitative estimate of drug-likeness (QED) is 0.737. The first-order valence-corrected chi connectivity index (χ1v) is 6.28. The molecule has 1 aromatic carbocycles. The minimum absolute atomic E-state index is 0.315. The molecule has 0 radical (unpaired) electrons. The van der Waals surface area contributed by atoms with Crippen molar-refractivity contribution in [2.24, 2.45) is 5.73 Å². The van der Waals surface area contributed by atoms with Gasteiger partial charge in [0.05, 0.1) is 11.1 Å². The maximum Gasteiger partial charge on any atom is 0.256 e. The van der Waals surface area contributed by atoms with Gasteiger partial charge in [0.2, 0.25) is 0 Å². The van der Waals surface area contributed by atoms with Gasteiger partial charge in [-0.05, 0) is 36.8 Å². The summed E-state index contributed by atoms with van der Waals surface area (Å²) in [5, 5.41) is 2.66. The Bertz CT molecular complexity index is 805. The zero-order valence-corrected chi connectivity index (χ0v) is 11.2. The number of halogens is 1. The van der Waals surface area contributed by atoms with Gasteiger partial charge in [0.1, 0.15) is 5.82 Å². The molecule has 0 saturated heterocycles. The van der Waals surface area contributed by atoms with E-state index in [4.69, 9.17) is 5.73 Å². The fraction of sp³-hybridized carbons (Fsp3) is 0.0667. The number of hydrogen-bond acceptors (Lipinski definition) is 2. The summed E-state index contributed by atoms with van der Waals surface area (Å²) < 4.78 is 13.4. The third-order valence-corrected chi connectivity index (χ3v) is 3.50. The number of fused-ring (bicyclic) bond motifs is 1. The number of hydrogen-bond donors (Lipinski definition) is 3. The standard InChI is InChI=1S/C15H12FN3O2/c1-7-11(14(17)20)6-18-13(7)5-10-9-4-8(16)2-3-12(9)19-15(10)21/h2-6,18H,1H3,(H2,17,20)(H,19,21). The molecule has 0 aliphatic carbocycles. The van der Waals surface area contributed by atoms with Crippen molar-refractivity contribution in [2.45, 2.75) is 6.92 Å². The fourth-order valence-corrected chi connectivity index (χ4v) is 2.37. The van der Waals surface area contributed by atoms with E-state index in [1.54, 1.807) is 13.0 Å². The van der Waals surface area contributed by atoms with E-state index in [0.29, 0.717) is 33.6 Å². The SMILES string of the molecule is Cc1c(C(N)=O)c[nH]c1C=C1C(=O)Nc2ccc(F)cc21. The molecule has 0 unspecified atom stereocenters. The zero-order chi connectivity index (χ0) is 15.1. The van der Waals surface area contributed by atoms with Crippen molar-refractivity contribution >= 4 is 29.2 Å². The minimum Gasteiger partial charge on any atom is -0.366 e. The van der Waals surface area contributed by atoms with Crippen molar-refractivity contribution < 1.29 is 14.0 Å². The van der Waals surface area contributed by atoms with Crippen LogP contribution in [-0.4, -0.2) is 16.8 Å². The number of aromatic nitrogens is 1. The third kappa shape index (κ3) is 2.10. The smallest absolute Gasteiger partial charge is 0.256 e. The number of carbonyl (C=O) groups excluding carboxylic acids is 2. The highest BCUT2D eigenvalue weighted by Gasteiger charge is 2.25. The zero-order valence-electron chi connectivity index (χ0n) is 11.2. The molecule has 21 heavy (non-hydrogen) atoms. The fourth-order valence-electron chi connectivity index (χ4n) is 2.37. The largest absolute Gasteiger partial charge is 0.366 e. The molecule has 0 saturated carbocycles. The van der Waals surface area contributed by atoms with Crippen molar-refractivity contribution in [3.05, 3.63) is 52.6 Å². The van der Waals surface area contributed by atoms with Crippen molar-refractivity contribution in [3.63, 3.8) is 0 Å². The summed E-state index contributed by atoms with van der Waals surface area (Å²) in [6.45, 7) is 1.72. The Hall–Kier alpha value is -2.89. The second-order valence-corrected chi connectivity index (χ2v) is 4.81. The minimum atomic E-state index is -0.546. The number of nitrogens with one attached hydrogen (secondary N) is 2. The van der Waals surface area contributed by atoms with Gasteiger partial charge in [0.25, 0.3) is 11.8 Å². The van der Waals surface area contributed by atoms with Gasteiger partial charge in [0, 0.05) is 23.1 Å². The van der Waals surface area contributed by atoms with E-state index in [0.717, 1.165) is 0 Å². The normalized spacial score (nSPS) is 15.1. The number of carbonyl (C=O) groups is 2. The van der Waals surface area contributed by atoms with E-state index < -0.39 is 11.7 Å². The van der Waals surface area contributed by atoms with Crippen LogP contribution in [0.15, 0.2) is 24.4 Å². The van der Waals surface area contributed by atoms with Gasteiger partial charge in [-0.2, -0.15) is 0 Å². The maximum absolute atomic E-state index is 13.4. The maximum atomic E-state index is 13.4. The first-order valence-electron chi connectivity index (χ1n) is 6.28. The van der Waals surface area contributed by atoms with Gasteiger partial charge in [-0.1, -0.05) is 0 Å². The van der Waals surface area contributed by atoms with Crippen molar-refractivity contribution in [3.8, 4) is 0 Å². The summed E-state index contributed by atoms with van der Waals surface area (Å²) in [6.07, 6.45) is 3.08. The van der Waals surface area contributed by atoms with E-state index in [1.165, 1.54) is 24.4 Å². The molecular formula is C15H12FN3O2. The molecule has 1 aliphatic heterocycles. The van der Waals surface area contributed by atoms with Crippen LogP contribution in [0.3, 0.4) is 0 Å². The van der Waals surface area contributed by atoms with Gasteiger partial charge < -0.3 is 16.0 Å². The Morgan fingerprint density at radius 2 is 2.14 bits per heavy atom. The first-order chi connectivity index (χ1) is 9.97. The van der Waals surface area contributed by atoms with E-state index in [2.05, 4.69) is 10.3 Å². The average Bonchev–Trinajstić information content (AvgIpc) is 2.93. The van der Waals surface area contributed by atoms with Gasteiger partial charge >= 0.3 is 0 Å². The van der Waals surface area contributed by atoms with Crippen molar-refractivity contribution in [1.29, 1.82) is 0 Å². The molecule has 2 amide bonds. The summed E-state index contributed by atoms with van der Waals surface area (Å²) in [5.41, 5.74) is 8.24. The van der Waals surface area contributed by atoms with Crippen LogP contribution in [0.5, 0.6) is 0 Å². The van der Waals surface area contributed by atoms with E-state index in [1.807, 2.05) is 0 Å². The lowest BCUT2D eigenvalue weighted by molar-refractivity contribution is -0.110. The molecule has 3 rings (SSSR count). The molecule has 1 aliphatic rings. The summed E-state index contributed by atoms with van der Waals surface area (Å²) in [7, 11) is 0. The lowest BCUT2D eigenvalue weighted by atomic mass is 10.0. The molecule has 6 heteroatoms. The second kappa shape index (κ2) is 4.59. The number of H-pyrrole nitrogens is 1. The third-order valence-electron chi connectivity index (χ3n) is 3.50. The summed E-state index contributed by atoms with van der Waals surface area (Å²) in [6, 6.07) is 4.10. The van der Waals surface area contributed by atoms with Crippen LogP contribution in [0.2, 0.25) is 0 Å². The van der Waals surface area contributed by atoms with Crippen LogP contribution in [-0.2, 0) is 4.79 Å². The Balaban J connectivity index is 2.11. The predicted octanol–water partition coefficient (Wildman–Crippen LogP) is 2.05. The molecule has 4 N–H and O–H groups in total. The summed E-state index contributed by atoms with van der Waals surface area (Å²) >= 11 is 0. The Morgan fingerprint density at radius 3 is 2.81 bits per heavy atom. The van der Waals surface area contributed by atoms with Gasteiger partial charge in [-0.25, -0.2) is 4.39 Å². The van der Waals surface area contributed by atoms with Crippen LogP contribution in [0.1, 0.15) is 27.2 Å². The van der Waals surface area contributed by atoms with Crippen molar-refractivity contribution in [1.82, 2.24) is 4.98 Å². The number of rotatable bonds is 2. The summed E-state index contributed by atoms with van der Waals surface area (Å²) in [5.74, 6) is -1.28. The molecule has 0 atom stereocenters. The number of nitrogens with two attached hydrogens (primary N) is 1. The first kappa shape index (κ1) is 13.1. The molecule has 2 aromatic rings. The Morgan fingerprint density at radius 1 is 1.38 bits per heavy atom. The van der Waals surface area contributed by atoms with Crippen LogP contribution >= 0.6 is 0 Å². The number of anilines is 1. The van der Waals surface area contributed by atoms with Crippen molar-refractivity contribution in [2.75, 3.05) is 5.32 Å². The average molecular weight is 285 g/mol. The van der Waals surface area contributed by atoms with Gasteiger partial charge in [0.15, 0.2) is 0 Å². The highest BCUT2D eigenvalue weighted by Crippen LogP contribution is 2.33. The van der Waals surface area contributed by atoms with E-state index >= 15 is 0 Å². The number of primary amides is 1. The van der Waals surface area contributed by atoms with E-state index in [9.17, 15) is 14.0 Å². The lowest BCUT2D eigenvalue weighted by Gasteiger charge is -1.99. The molecule has 2 heterocycles. The second-order valence-electron chi connectivity index (χ2n) is 4.81. The number of benzene rings is 1. The highest BCUT2D eigenvalue weighted by molar-refractivity contribution is 6.34. The van der Waals surface area contributed by atoms with Crippen LogP contribution < -0.4 is 11.1 Å². The molecule has 1 aromatic heterocycles. The molecular weight excluding hydrogens is 273 g/mol. The Kier molecular flexibility index (Phi) is 2.86. The molecule has 0 spiro atoms.